The van der Waals surface area contributed by atoms with Gasteiger partial charge in [0.1, 0.15) is 0 Å². The van der Waals surface area contributed by atoms with E-state index in [4.69, 9.17) is 4.98 Å². The van der Waals surface area contributed by atoms with Crippen molar-refractivity contribution in [2.24, 2.45) is 0 Å². The molecule has 2 aromatic heterocycles. The Balaban J connectivity index is 1.41. The summed E-state index contributed by atoms with van der Waals surface area (Å²) >= 11 is 0. The fourth-order valence-electron chi connectivity index (χ4n) is 4.95. The van der Waals surface area contributed by atoms with Gasteiger partial charge in [-0.3, -0.25) is 9.58 Å². The molecule has 0 radical (unpaired) electrons. The Kier molecular flexibility index (Phi) is 4.47. The Bertz CT molecular complexity index is 960. The third kappa shape index (κ3) is 3.14. The number of piperidine rings is 1. The summed E-state index contributed by atoms with van der Waals surface area (Å²) < 4.78 is 2.01. The number of aryl methyl sites for hydroxylation is 2. The minimum atomic E-state index is 0.181. The van der Waals surface area contributed by atoms with E-state index in [-0.39, 0.29) is 5.41 Å². The Hall–Kier alpha value is -2.53. The van der Waals surface area contributed by atoms with Gasteiger partial charge in [-0.2, -0.15) is 5.10 Å². The number of fused-ring (bicyclic) bond motifs is 2. The highest BCUT2D eigenvalue weighted by Crippen LogP contribution is 2.44. The first-order chi connectivity index (χ1) is 13.8. The van der Waals surface area contributed by atoms with E-state index < -0.39 is 0 Å². The van der Waals surface area contributed by atoms with E-state index in [1.165, 1.54) is 36.1 Å². The van der Waals surface area contributed by atoms with Crippen LogP contribution in [0.2, 0.25) is 0 Å². The van der Waals surface area contributed by atoms with Gasteiger partial charge in [0.2, 0.25) is 0 Å². The van der Waals surface area contributed by atoms with Gasteiger partial charge in [0, 0.05) is 48.6 Å². The Morgan fingerprint density at radius 3 is 2.82 bits per heavy atom. The molecule has 1 aromatic carbocycles. The molecule has 3 aromatic rings. The molecule has 28 heavy (non-hydrogen) atoms. The Morgan fingerprint density at radius 1 is 1.11 bits per heavy atom. The molecular weight excluding hydrogens is 346 g/mol. The van der Waals surface area contributed by atoms with Crippen molar-refractivity contribution in [1.29, 1.82) is 0 Å². The predicted octanol–water partition coefficient (Wildman–Crippen LogP) is 3.84. The number of hydrogen-bond acceptors (Lipinski definition) is 4. The van der Waals surface area contributed by atoms with E-state index in [1.54, 1.807) is 0 Å². The van der Waals surface area contributed by atoms with Crippen LogP contribution in [-0.4, -0.2) is 37.7 Å². The number of likely N-dealkylation sites (tertiary alicyclic amines) is 1. The Morgan fingerprint density at radius 2 is 2.00 bits per heavy atom. The van der Waals surface area contributed by atoms with Crippen molar-refractivity contribution in [1.82, 2.24) is 24.6 Å². The van der Waals surface area contributed by atoms with Gasteiger partial charge in [0.15, 0.2) is 5.82 Å². The summed E-state index contributed by atoms with van der Waals surface area (Å²) in [4.78, 5) is 12.4. The molecule has 1 spiro atoms. The number of aromatic nitrogens is 4. The molecule has 5 nitrogen and oxygen atoms in total. The van der Waals surface area contributed by atoms with Gasteiger partial charge in [0.05, 0.1) is 11.9 Å². The molecule has 144 valence electrons. The maximum Gasteiger partial charge on any atom is 0.159 e. The SMILES string of the molecule is CCn1cc(CN2CCCC3(CCc4cnc(-c5ccccc5)nc43)C2)cn1. The molecule has 1 unspecified atom stereocenters. The van der Waals surface area contributed by atoms with Gasteiger partial charge >= 0.3 is 0 Å². The standard InChI is InChI=1S/C23H27N5/c1-2-28-16-18(13-25-28)15-27-12-6-10-23(17-27)11-9-20-14-24-22(26-21(20)23)19-7-4-3-5-8-19/h3-5,7-8,13-14,16H,2,6,9-12,15,17H2,1H3. The minimum absolute atomic E-state index is 0.181. The summed E-state index contributed by atoms with van der Waals surface area (Å²) in [7, 11) is 0. The molecule has 1 atom stereocenters. The summed E-state index contributed by atoms with van der Waals surface area (Å²) in [5.41, 5.74) is 5.24. The van der Waals surface area contributed by atoms with Gasteiger partial charge in [-0.05, 0) is 44.7 Å². The summed E-state index contributed by atoms with van der Waals surface area (Å²) in [5.74, 6) is 0.863. The molecule has 0 bridgehead atoms. The number of hydrogen-bond donors (Lipinski definition) is 0. The Labute approximate surface area is 166 Å². The second-order valence-corrected chi connectivity index (χ2v) is 8.23. The highest BCUT2D eigenvalue weighted by Gasteiger charge is 2.43. The highest BCUT2D eigenvalue weighted by atomic mass is 15.3. The fraction of sp³-hybridized carbons (Fsp3) is 0.435. The molecular formula is C23H27N5. The third-order valence-electron chi connectivity index (χ3n) is 6.34. The predicted molar refractivity (Wildman–Crippen MR) is 110 cm³/mol. The summed E-state index contributed by atoms with van der Waals surface area (Å²) in [6.45, 7) is 6.28. The van der Waals surface area contributed by atoms with Crippen molar-refractivity contribution in [3.63, 3.8) is 0 Å². The molecule has 0 N–H and O–H groups in total. The molecule has 5 rings (SSSR count). The van der Waals surface area contributed by atoms with Crippen molar-refractivity contribution in [3.05, 3.63) is 65.7 Å². The molecule has 1 aliphatic heterocycles. The van der Waals surface area contributed by atoms with Gasteiger partial charge < -0.3 is 0 Å². The zero-order chi connectivity index (χ0) is 19.0. The topological polar surface area (TPSA) is 46.8 Å². The molecule has 0 amide bonds. The minimum Gasteiger partial charge on any atom is -0.298 e. The van der Waals surface area contributed by atoms with Crippen LogP contribution >= 0.6 is 0 Å². The molecule has 3 heterocycles. The number of benzene rings is 1. The zero-order valence-corrected chi connectivity index (χ0v) is 16.5. The second-order valence-electron chi connectivity index (χ2n) is 8.23. The van der Waals surface area contributed by atoms with Crippen LogP contribution in [0.1, 0.15) is 43.0 Å². The average molecular weight is 374 g/mol. The number of rotatable bonds is 4. The van der Waals surface area contributed by atoms with Crippen molar-refractivity contribution >= 4 is 0 Å². The first kappa shape index (κ1) is 17.6. The van der Waals surface area contributed by atoms with Crippen molar-refractivity contribution in [2.75, 3.05) is 13.1 Å². The smallest absolute Gasteiger partial charge is 0.159 e. The van der Waals surface area contributed by atoms with E-state index >= 15 is 0 Å². The van der Waals surface area contributed by atoms with Crippen molar-refractivity contribution in [2.45, 2.75) is 51.1 Å². The highest BCUT2D eigenvalue weighted by molar-refractivity contribution is 5.55. The van der Waals surface area contributed by atoms with Crippen LogP contribution in [0.4, 0.5) is 0 Å². The first-order valence-corrected chi connectivity index (χ1v) is 10.4. The molecule has 0 saturated carbocycles. The van der Waals surface area contributed by atoms with Crippen LogP contribution in [0.15, 0.2) is 48.9 Å². The normalized spacial score (nSPS) is 21.9. The lowest BCUT2D eigenvalue weighted by atomic mass is 9.77. The molecule has 2 aliphatic rings. The van der Waals surface area contributed by atoms with Gasteiger partial charge in [-0.25, -0.2) is 9.97 Å². The zero-order valence-electron chi connectivity index (χ0n) is 16.5. The molecule has 1 fully saturated rings. The largest absolute Gasteiger partial charge is 0.298 e. The van der Waals surface area contributed by atoms with Crippen LogP contribution in [0.25, 0.3) is 11.4 Å². The van der Waals surface area contributed by atoms with E-state index in [0.29, 0.717) is 0 Å². The second kappa shape index (κ2) is 7.13. The van der Waals surface area contributed by atoms with Crippen LogP contribution in [0.3, 0.4) is 0 Å². The summed E-state index contributed by atoms with van der Waals surface area (Å²) in [6.07, 6.45) is 11.0. The maximum atomic E-state index is 5.11. The molecule has 1 aliphatic carbocycles. The maximum absolute atomic E-state index is 5.11. The lowest BCUT2D eigenvalue weighted by Gasteiger charge is -2.40. The van der Waals surface area contributed by atoms with E-state index in [2.05, 4.69) is 58.6 Å². The van der Waals surface area contributed by atoms with E-state index in [9.17, 15) is 0 Å². The van der Waals surface area contributed by atoms with Crippen LogP contribution in [0.5, 0.6) is 0 Å². The summed E-state index contributed by atoms with van der Waals surface area (Å²) in [6, 6.07) is 10.4. The lowest BCUT2D eigenvalue weighted by molar-refractivity contribution is 0.137. The van der Waals surface area contributed by atoms with E-state index in [1.807, 2.05) is 16.9 Å². The van der Waals surface area contributed by atoms with Crippen molar-refractivity contribution in [3.8, 4) is 11.4 Å². The van der Waals surface area contributed by atoms with E-state index in [0.717, 1.165) is 44.0 Å². The van der Waals surface area contributed by atoms with Crippen LogP contribution in [0, 0.1) is 0 Å². The lowest BCUT2D eigenvalue weighted by Crippen LogP contribution is -2.45. The first-order valence-electron chi connectivity index (χ1n) is 10.4. The van der Waals surface area contributed by atoms with Crippen molar-refractivity contribution < 1.29 is 0 Å². The third-order valence-corrected chi connectivity index (χ3v) is 6.34. The fourth-order valence-corrected chi connectivity index (χ4v) is 4.95. The van der Waals surface area contributed by atoms with Crippen LogP contribution < -0.4 is 0 Å². The monoisotopic (exact) mass is 373 g/mol. The quantitative estimate of drug-likeness (QED) is 0.697. The van der Waals surface area contributed by atoms with Gasteiger partial charge in [0.25, 0.3) is 0 Å². The molecule has 1 saturated heterocycles. The van der Waals surface area contributed by atoms with Gasteiger partial charge in [-0.1, -0.05) is 30.3 Å². The van der Waals surface area contributed by atoms with Gasteiger partial charge in [-0.15, -0.1) is 0 Å². The summed E-state index contributed by atoms with van der Waals surface area (Å²) in [5, 5.41) is 4.44. The molecule has 5 heteroatoms. The number of nitrogens with zero attached hydrogens (tertiary/aromatic N) is 5. The van der Waals surface area contributed by atoms with Crippen LogP contribution in [-0.2, 0) is 24.9 Å². The average Bonchev–Trinajstić information content (AvgIpc) is 3.34.